The average molecular weight is 472 g/mol. The van der Waals surface area contributed by atoms with Crippen molar-refractivity contribution in [3.05, 3.63) is 51.5 Å². The fourth-order valence-electron chi connectivity index (χ4n) is 2.57. The topological polar surface area (TPSA) is 49.3 Å². The molecule has 4 nitrogen and oxygen atoms in total. The Morgan fingerprint density at radius 3 is 2.72 bits per heavy atom. The molecular formula is C19H29IN4S. The van der Waals surface area contributed by atoms with Crippen LogP contribution in [-0.2, 0) is 12.8 Å². The summed E-state index contributed by atoms with van der Waals surface area (Å²) in [5.41, 5.74) is 2.54. The summed E-state index contributed by atoms with van der Waals surface area (Å²) in [5, 5.41) is 6.85. The van der Waals surface area contributed by atoms with Crippen LogP contribution < -0.4 is 10.6 Å². The molecule has 1 atom stereocenters. The maximum absolute atomic E-state index is 4.71. The normalized spacial score (nSPS) is 12.4. The van der Waals surface area contributed by atoms with E-state index in [1.54, 1.807) is 0 Å². The number of aromatic nitrogens is 1. The maximum atomic E-state index is 4.71. The summed E-state index contributed by atoms with van der Waals surface area (Å²) >= 11 is 1.87. The molecule has 2 rings (SSSR count). The quantitative estimate of drug-likeness (QED) is 0.362. The Balaban J connectivity index is 0.00000312. The van der Waals surface area contributed by atoms with E-state index in [1.807, 2.05) is 23.7 Å². The molecule has 2 N–H and O–H groups in total. The highest BCUT2D eigenvalue weighted by Gasteiger charge is 2.08. The van der Waals surface area contributed by atoms with Gasteiger partial charge in [0.1, 0.15) is 0 Å². The Morgan fingerprint density at radius 1 is 1.28 bits per heavy atom. The molecule has 0 aliphatic carbocycles. The van der Waals surface area contributed by atoms with Gasteiger partial charge in [-0.3, -0.25) is 9.98 Å². The van der Waals surface area contributed by atoms with Gasteiger partial charge in [0.05, 0.1) is 0 Å². The Labute approximate surface area is 172 Å². The summed E-state index contributed by atoms with van der Waals surface area (Å²) < 4.78 is 0. The standard InChI is InChI=1S/C19H28N4S.HI/c1-5-21-19(22-11-9-17-8-10-20-13-14(17)2)23-15(3)12-18-7-6-16(4)24-18;/h6-8,10,13,15H,5,9,11-12H2,1-4H3,(H2,21,22,23);1H. The summed E-state index contributed by atoms with van der Waals surface area (Å²) in [7, 11) is 0. The highest BCUT2D eigenvalue weighted by atomic mass is 127. The number of guanidine groups is 1. The lowest BCUT2D eigenvalue weighted by atomic mass is 10.1. The lowest BCUT2D eigenvalue weighted by molar-refractivity contribution is 0.645. The van der Waals surface area contributed by atoms with Gasteiger partial charge in [-0.25, -0.2) is 0 Å². The zero-order valence-electron chi connectivity index (χ0n) is 15.5. The SMILES string of the molecule is CCNC(=NCCc1ccncc1C)NC(C)Cc1ccc(C)s1.I. The second-order valence-electron chi connectivity index (χ2n) is 6.07. The van der Waals surface area contributed by atoms with Crippen molar-refractivity contribution < 1.29 is 0 Å². The Kier molecular flexibility index (Phi) is 10.0. The van der Waals surface area contributed by atoms with Crippen LogP contribution in [0.3, 0.4) is 0 Å². The monoisotopic (exact) mass is 472 g/mol. The summed E-state index contributed by atoms with van der Waals surface area (Å²) in [6.45, 7) is 10.2. The molecule has 0 fully saturated rings. The van der Waals surface area contributed by atoms with Crippen molar-refractivity contribution in [2.45, 2.75) is 46.6 Å². The van der Waals surface area contributed by atoms with Crippen LogP contribution in [0.5, 0.6) is 0 Å². The number of aryl methyl sites for hydroxylation is 2. The number of nitrogens with one attached hydrogen (secondary N) is 2. The lowest BCUT2D eigenvalue weighted by Gasteiger charge is -2.17. The Hall–Kier alpha value is -1.15. The second kappa shape index (κ2) is 11.5. The van der Waals surface area contributed by atoms with Crippen LogP contribution in [0.4, 0.5) is 0 Å². The zero-order valence-corrected chi connectivity index (χ0v) is 18.7. The molecule has 2 aromatic heterocycles. The third-order valence-corrected chi connectivity index (χ3v) is 4.84. The summed E-state index contributed by atoms with van der Waals surface area (Å²) in [5.74, 6) is 0.894. The van der Waals surface area contributed by atoms with E-state index in [-0.39, 0.29) is 24.0 Å². The largest absolute Gasteiger partial charge is 0.357 e. The highest BCUT2D eigenvalue weighted by molar-refractivity contribution is 14.0. The molecule has 138 valence electrons. The minimum atomic E-state index is 0. The minimum absolute atomic E-state index is 0. The molecule has 1 unspecified atom stereocenters. The first-order chi connectivity index (χ1) is 11.6. The van der Waals surface area contributed by atoms with Gasteiger partial charge in [-0.15, -0.1) is 35.3 Å². The van der Waals surface area contributed by atoms with E-state index in [4.69, 9.17) is 4.99 Å². The molecule has 0 saturated carbocycles. The maximum Gasteiger partial charge on any atom is 0.191 e. The van der Waals surface area contributed by atoms with Gasteiger partial charge in [0.2, 0.25) is 0 Å². The zero-order chi connectivity index (χ0) is 17.4. The molecule has 0 aliphatic heterocycles. The van der Waals surface area contributed by atoms with Gasteiger partial charge < -0.3 is 10.6 Å². The predicted molar refractivity (Wildman–Crippen MR) is 119 cm³/mol. The van der Waals surface area contributed by atoms with E-state index in [1.165, 1.54) is 20.9 Å². The first-order valence-electron chi connectivity index (χ1n) is 8.58. The van der Waals surface area contributed by atoms with Crippen molar-refractivity contribution in [1.29, 1.82) is 0 Å². The van der Waals surface area contributed by atoms with E-state index < -0.39 is 0 Å². The van der Waals surface area contributed by atoms with E-state index in [2.05, 4.69) is 61.5 Å². The lowest BCUT2D eigenvalue weighted by Crippen LogP contribution is -2.43. The summed E-state index contributed by atoms with van der Waals surface area (Å²) in [6.07, 6.45) is 5.71. The third-order valence-electron chi connectivity index (χ3n) is 3.82. The van der Waals surface area contributed by atoms with E-state index in [0.29, 0.717) is 6.04 Å². The molecule has 0 aliphatic rings. The number of halogens is 1. The van der Waals surface area contributed by atoms with E-state index in [0.717, 1.165) is 31.9 Å². The Morgan fingerprint density at radius 2 is 2.08 bits per heavy atom. The van der Waals surface area contributed by atoms with Crippen molar-refractivity contribution in [3.63, 3.8) is 0 Å². The molecule has 0 bridgehead atoms. The number of nitrogens with zero attached hydrogens (tertiary/aromatic N) is 2. The van der Waals surface area contributed by atoms with Crippen molar-refractivity contribution in [3.8, 4) is 0 Å². The average Bonchev–Trinajstić information content (AvgIpc) is 2.94. The fourth-order valence-corrected chi connectivity index (χ4v) is 3.59. The van der Waals surface area contributed by atoms with Crippen molar-refractivity contribution in [1.82, 2.24) is 15.6 Å². The van der Waals surface area contributed by atoms with Crippen molar-refractivity contribution >= 4 is 41.3 Å². The molecule has 0 saturated heterocycles. The molecule has 0 aromatic carbocycles. The first-order valence-corrected chi connectivity index (χ1v) is 9.39. The van der Waals surface area contributed by atoms with Gasteiger partial charge in [0.15, 0.2) is 5.96 Å². The number of pyridine rings is 1. The van der Waals surface area contributed by atoms with Crippen molar-refractivity contribution in [2.24, 2.45) is 4.99 Å². The summed E-state index contributed by atoms with van der Waals surface area (Å²) in [6, 6.07) is 6.83. The van der Waals surface area contributed by atoms with Crippen LogP contribution >= 0.6 is 35.3 Å². The van der Waals surface area contributed by atoms with Gasteiger partial charge in [0, 0.05) is 47.7 Å². The summed E-state index contributed by atoms with van der Waals surface area (Å²) in [4.78, 5) is 11.6. The van der Waals surface area contributed by atoms with Crippen molar-refractivity contribution in [2.75, 3.05) is 13.1 Å². The van der Waals surface area contributed by atoms with E-state index in [9.17, 15) is 0 Å². The molecule has 0 spiro atoms. The van der Waals surface area contributed by atoms with Crippen LogP contribution in [0.25, 0.3) is 0 Å². The fraction of sp³-hybridized carbons (Fsp3) is 0.474. The van der Waals surface area contributed by atoms with Gasteiger partial charge in [-0.1, -0.05) is 0 Å². The smallest absolute Gasteiger partial charge is 0.191 e. The van der Waals surface area contributed by atoms with Crippen LogP contribution in [0.15, 0.2) is 35.6 Å². The number of thiophene rings is 1. The molecular weight excluding hydrogens is 443 g/mol. The number of aliphatic imine (C=N–C) groups is 1. The number of hydrogen-bond donors (Lipinski definition) is 2. The molecule has 6 heteroatoms. The van der Waals surface area contributed by atoms with Gasteiger partial charge in [-0.05, 0) is 63.4 Å². The number of hydrogen-bond acceptors (Lipinski definition) is 3. The molecule has 0 amide bonds. The Bertz CT molecular complexity index is 669. The predicted octanol–water partition coefficient (Wildman–Crippen LogP) is 4.11. The van der Waals surface area contributed by atoms with E-state index >= 15 is 0 Å². The molecule has 25 heavy (non-hydrogen) atoms. The van der Waals surface area contributed by atoms with Gasteiger partial charge in [-0.2, -0.15) is 0 Å². The molecule has 2 heterocycles. The van der Waals surface area contributed by atoms with Crippen LogP contribution in [0.1, 0.15) is 34.7 Å². The molecule has 0 radical (unpaired) electrons. The van der Waals surface area contributed by atoms with Gasteiger partial charge >= 0.3 is 0 Å². The number of rotatable bonds is 7. The minimum Gasteiger partial charge on any atom is -0.357 e. The molecule has 2 aromatic rings. The highest BCUT2D eigenvalue weighted by Crippen LogP contribution is 2.16. The second-order valence-corrected chi connectivity index (χ2v) is 7.45. The van der Waals surface area contributed by atoms with Gasteiger partial charge in [0.25, 0.3) is 0 Å². The van der Waals surface area contributed by atoms with Crippen LogP contribution in [-0.4, -0.2) is 30.1 Å². The van der Waals surface area contributed by atoms with Crippen LogP contribution in [0.2, 0.25) is 0 Å². The first kappa shape index (κ1) is 21.9. The third kappa shape index (κ3) is 7.73. The van der Waals surface area contributed by atoms with Crippen LogP contribution in [0, 0.1) is 13.8 Å².